The lowest BCUT2D eigenvalue weighted by Gasteiger charge is -2.26. The molecular formula is C21H26Br2O4. The van der Waals surface area contributed by atoms with E-state index in [0.717, 1.165) is 11.5 Å². The standard InChI is InChI=1S/C21H26Br2O4/c1-21(2,15-3-7-19(8-4-15)26-13-17(24)11-22)16-5-9-20(10-6-16)27-14-18(25)12-23/h3-10,17-18,24-25H,11-14H2,1-2H3/t17-,18-/m1/s1. The molecule has 4 nitrogen and oxygen atoms in total. The molecule has 0 aliphatic carbocycles. The average molecular weight is 502 g/mol. The van der Waals surface area contributed by atoms with Crippen molar-refractivity contribution in [2.24, 2.45) is 0 Å². The zero-order valence-corrected chi connectivity index (χ0v) is 18.7. The highest BCUT2D eigenvalue weighted by molar-refractivity contribution is 9.09. The van der Waals surface area contributed by atoms with Gasteiger partial charge in [-0.05, 0) is 35.4 Å². The SMILES string of the molecule is CC(C)(c1ccc(OC[C@H](O)CBr)cc1)c1ccc(OC[C@H](O)CBr)cc1. The van der Waals surface area contributed by atoms with Crippen molar-refractivity contribution in [3.8, 4) is 11.5 Å². The molecule has 0 fully saturated rings. The summed E-state index contributed by atoms with van der Waals surface area (Å²) in [5.41, 5.74) is 2.15. The van der Waals surface area contributed by atoms with E-state index in [-0.39, 0.29) is 18.6 Å². The molecule has 0 heterocycles. The zero-order valence-electron chi connectivity index (χ0n) is 15.6. The Labute approximate surface area is 177 Å². The van der Waals surface area contributed by atoms with Crippen LogP contribution in [0.1, 0.15) is 25.0 Å². The second kappa shape index (κ2) is 10.5. The van der Waals surface area contributed by atoms with Gasteiger partial charge >= 0.3 is 0 Å². The lowest BCUT2D eigenvalue weighted by atomic mass is 9.78. The summed E-state index contributed by atoms with van der Waals surface area (Å²) in [6.45, 7) is 4.86. The second-order valence-corrected chi connectivity index (χ2v) is 8.21. The summed E-state index contributed by atoms with van der Waals surface area (Å²) in [5, 5.41) is 20.1. The molecule has 148 valence electrons. The first-order chi connectivity index (χ1) is 12.9. The molecule has 27 heavy (non-hydrogen) atoms. The van der Waals surface area contributed by atoms with Crippen molar-refractivity contribution in [1.82, 2.24) is 0 Å². The minimum Gasteiger partial charge on any atom is -0.491 e. The maximum atomic E-state index is 9.56. The highest BCUT2D eigenvalue weighted by atomic mass is 79.9. The summed E-state index contributed by atoms with van der Waals surface area (Å²) in [7, 11) is 0. The van der Waals surface area contributed by atoms with Gasteiger partial charge < -0.3 is 19.7 Å². The number of hydrogen-bond donors (Lipinski definition) is 2. The summed E-state index contributed by atoms with van der Waals surface area (Å²) in [4.78, 5) is 0. The van der Waals surface area contributed by atoms with Crippen LogP contribution in [0, 0.1) is 0 Å². The Kier molecular flexibility index (Phi) is 8.61. The van der Waals surface area contributed by atoms with Crippen molar-refractivity contribution in [2.75, 3.05) is 23.9 Å². The Bertz CT molecular complexity index is 627. The topological polar surface area (TPSA) is 58.9 Å². The fraction of sp³-hybridized carbons (Fsp3) is 0.429. The van der Waals surface area contributed by atoms with E-state index in [1.807, 2.05) is 48.5 Å². The van der Waals surface area contributed by atoms with Crippen molar-refractivity contribution < 1.29 is 19.7 Å². The number of hydrogen-bond acceptors (Lipinski definition) is 4. The van der Waals surface area contributed by atoms with E-state index in [1.165, 1.54) is 11.1 Å². The molecule has 0 aliphatic heterocycles. The van der Waals surface area contributed by atoms with Gasteiger partial charge in [-0.3, -0.25) is 0 Å². The van der Waals surface area contributed by atoms with Gasteiger partial charge in [-0.1, -0.05) is 70.0 Å². The summed E-state index contributed by atoms with van der Waals surface area (Å²) >= 11 is 6.45. The van der Waals surface area contributed by atoms with Crippen molar-refractivity contribution in [3.05, 3.63) is 59.7 Å². The van der Waals surface area contributed by atoms with Crippen LogP contribution in [0.5, 0.6) is 11.5 Å². The molecule has 0 aliphatic rings. The quantitative estimate of drug-likeness (QED) is 0.477. The molecule has 0 unspecified atom stereocenters. The Balaban J connectivity index is 2.04. The lowest BCUT2D eigenvalue weighted by molar-refractivity contribution is 0.127. The van der Waals surface area contributed by atoms with Gasteiger partial charge in [0.25, 0.3) is 0 Å². The zero-order chi connectivity index (χ0) is 19.9. The third-order valence-electron chi connectivity index (χ3n) is 4.39. The molecule has 0 spiro atoms. The van der Waals surface area contributed by atoms with Gasteiger partial charge in [0.05, 0.1) is 12.2 Å². The van der Waals surface area contributed by atoms with E-state index in [4.69, 9.17) is 9.47 Å². The van der Waals surface area contributed by atoms with Crippen LogP contribution < -0.4 is 9.47 Å². The molecule has 0 saturated heterocycles. The lowest BCUT2D eigenvalue weighted by Crippen LogP contribution is -2.20. The van der Waals surface area contributed by atoms with Gasteiger partial charge in [-0.15, -0.1) is 0 Å². The molecule has 0 saturated carbocycles. The van der Waals surface area contributed by atoms with E-state index >= 15 is 0 Å². The number of halogens is 2. The normalized spacial score (nSPS) is 13.9. The molecule has 0 radical (unpaired) electrons. The van der Waals surface area contributed by atoms with E-state index in [0.29, 0.717) is 10.7 Å². The van der Waals surface area contributed by atoms with Gasteiger partial charge in [0.2, 0.25) is 0 Å². The number of ether oxygens (including phenoxy) is 2. The van der Waals surface area contributed by atoms with Gasteiger partial charge in [-0.2, -0.15) is 0 Å². The Morgan fingerprint density at radius 3 is 1.37 bits per heavy atom. The number of benzene rings is 2. The molecule has 0 aromatic heterocycles. The fourth-order valence-electron chi connectivity index (χ4n) is 2.58. The Hall–Kier alpha value is -1.08. The van der Waals surface area contributed by atoms with Gasteiger partial charge in [-0.25, -0.2) is 0 Å². The number of aliphatic hydroxyl groups is 2. The number of rotatable bonds is 10. The predicted octanol–water partition coefficient (Wildman–Crippen LogP) is 4.28. The van der Waals surface area contributed by atoms with Crippen LogP contribution in [-0.4, -0.2) is 46.3 Å². The van der Waals surface area contributed by atoms with E-state index in [1.54, 1.807) is 0 Å². The second-order valence-electron chi connectivity index (χ2n) is 6.91. The smallest absolute Gasteiger partial charge is 0.119 e. The molecule has 2 aromatic rings. The molecule has 0 amide bonds. The van der Waals surface area contributed by atoms with Crippen LogP contribution in [-0.2, 0) is 5.41 Å². The molecule has 2 atom stereocenters. The number of aliphatic hydroxyl groups excluding tert-OH is 2. The minimum absolute atomic E-state index is 0.179. The molecule has 2 aromatic carbocycles. The molecule has 2 rings (SSSR count). The van der Waals surface area contributed by atoms with Gasteiger partial charge in [0.15, 0.2) is 0 Å². The first kappa shape index (κ1) is 22.2. The Morgan fingerprint density at radius 2 is 1.07 bits per heavy atom. The van der Waals surface area contributed by atoms with Gasteiger partial charge in [0.1, 0.15) is 24.7 Å². The highest BCUT2D eigenvalue weighted by Gasteiger charge is 2.23. The minimum atomic E-state index is -0.516. The third-order valence-corrected chi connectivity index (χ3v) is 5.89. The Morgan fingerprint density at radius 1 is 0.741 bits per heavy atom. The van der Waals surface area contributed by atoms with Crippen LogP contribution in [0.3, 0.4) is 0 Å². The van der Waals surface area contributed by atoms with E-state index < -0.39 is 12.2 Å². The van der Waals surface area contributed by atoms with Gasteiger partial charge in [0, 0.05) is 16.1 Å². The van der Waals surface area contributed by atoms with Crippen molar-refractivity contribution in [3.63, 3.8) is 0 Å². The predicted molar refractivity (Wildman–Crippen MR) is 116 cm³/mol. The number of alkyl halides is 2. The summed E-state index contributed by atoms with van der Waals surface area (Å²) in [6.07, 6.45) is -1.03. The molecule has 2 N–H and O–H groups in total. The molecular weight excluding hydrogens is 476 g/mol. The monoisotopic (exact) mass is 500 g/mol. The van der Waals surface area contributed by atoms with Crippen LogP contribution in [0.4, 0.5) is 0 Å². The largest absolute Gasteiger partial charge is 0.491 e. The fourth-order valence-corrected chi connectivity index (χ4v) is 2.95. The van der Waals surface area contributed by atoms with Crippen LogP contribution in [0.25, 0.3) is 0 Å². The maximum Gasteiger partial charge on any atom is 0.119 e. The molecule has 0 bridgehead atoms. The van der Waals surface area contributed by atoms with E-state index in [9.17, 15) is 10.2 Å². The summed E-state index contributed by atoms with van der Waals surface area (Å²) in [6, 6.07) is 15.9. The van der Waals surface area contributed by atoms with Crippen LogP contribution >= 0.6 is 31.9 Å². The third kappa shape index (κ3) is 6.49. The maximum absolute atomic E-state index is 9.56. The van der Waals surface area contributed by atoms with Crippen molar-refractivity contribution >= 4 is 31.9 Å². The first-order valence-corrected chi connectivity index (χ1v) is 11.1. The highest BCUT2D eigenvalue weighted by Crippen LogP contribution is 2.33. The van der Waals surface area contributed by atoms with Crippen molar-refractivity contribution in [1.29, 1.82) is 0 Å². The van der Waals surface area contributed by atoms with Crippen LogP contribution in [0.2, 0.25) is 0 Å². The van der Waals surface area contributed by atoms with Crippen LogP contribution in [0.15, 0.2) is 48.5 Å². The van der Waals surface area contributed by atoms with Crippen molar-refractivity contribution in [2.45, 2.75) is 31.5 Å². The molecule has 6 heteroatoms. The summed E-state index contributed by atoms with van der Waals surface area (Å²) < 4.78 is 11.2. The summed E-state index contributed by atoms with van der Waals surface area (Å²) in [5.74, 6) is 1.48. The first-order valence-electron chi connectivity index (χ1n) is 8.81. The average Bonchev–Trinajstić information content (AvgIpc) is 2.70. The van der Waals surface area contributed by atoms with E-state index in [2.05, 4.69) is 45.7 Å².